The Labute approximate surface area is 122 Å². The summed E-state index contributed by atoms with van der Waals surface area (Å²) in [6, 6.07) is 3.89. The largest absolute Gasteiger partial charge is 0.383 e. The van der Waals surface area contributed by atoms with E-state index in [0.29, 0.717) is 17.3 Å². The first-order valence-electron chi connectivity index (χ1n) is 6.93. The molecule has 0 amide bonds. The van der Waals surface area contributed by atoms with Gasteiger partial charge in [0.1, 0.15) is 11.5 Å². The molecule has 0 spiro atoms. The molecule has 7 nitrogen and oxygen atoms in total. The van der Waals surface area contributed by atoms with Gasteiger partial charge < -0.3 is 5.73 Å². The molecule has 0 bridgehead atoms. The molecule has 3 heterocycles. The van der Waals surface area contributed by atoms with Crippen molar-refractivity contribution in [3.63, 3.8) is 0 Å². The molecule has 0 saturated carbocycles. The van der Waals surface area contributed by atoms with Gasteiger partial charge in [0.25, 0.3) is 0 Å². The van der Waals surface area contributed by atoms with Crippen LogP contribution in [-0.2, 0) is 12.8 Å². The highest BCUT2D eigenvalue weighted by Gasteiger charge is 2.12. The quantitative estimate of drug-likeness (QED) is 0.678. The fraction of sp³-hybridized carbons (Fsp3) is 0.286. The Balaban J connectivity index is 1.95. The Kier molecular flexibility index (Phi) is 3.39. The highest BCUT2D eigenvalue weighted by Crippen LogP contribution is 2.24. The van der Waals surface area contributed by atoms with Crippen molar-refractivity contribution in [1.82, 2.24) is 30.4 Å². The molecule has 0 aliphatic carbocycles. The third-order valence-electron chi connectivity index (χ3n) is 3.35. The van der Waals surface area contributed by atoms with Crippen molar-refractivity contribution in [2.75, 3.05) is 5.73 Å². The first-order chi connectivity index (χ1) is 10.2. The standard InChI is InChI=1S/C14H17N7/c1-3-8-5-11(20-18-8)10-7-16-14(17-13(10)15)12-6-9(4-2)19-21-12/h5-7H,3-4H2,1-2H3,(H,18,20)(H,19,21)(H2,15,16,17). The van der Waals surface area contributed by atoms with Gasteiger partial charge in [0, 0.05) is 17.6 Å². The van der Waals surface area contributed by atoms with Gasteiger partial charge in [0.2, 0.25) is 0 Å². The topological polar surface area (TPSA) is 109 Å². The van der Waals surface area contributed by atoms with Gasteiger partial charge in [0.15, 0.2) is 5.82 Å². The van der Waals surface area contributed by atoms with Gasteiger partial charge in [-0.05, 0) is 25.0 Å². The average Bonchev–Trinajstić information content (AvgIpc) is 3.16. The van der Waals surface area contributed by atoms with E-state index in [1.807, 2.05) is 12.1 Å². The molecule has 0 aromatic carbocycles. The number of hydrogen-bond donors (Lipinski definition) is 3. The molecule has 4 N–H and O–H groups in total. The van der Waals surface area contributed by atoms with Crippen LogP contribution in [0.5, 0.6) is 0 Å². The average molecular weight is 283 g/mol. The Morgan fingerprint density at radius 3 is 2.19 bits per heavy atom. The van der Waals surface area contributed by atoms with Crippen molar-refractivity contribution in [3.8, 4) is 22.8 Å². The predicted octanol–water partition coefficient (Wildman–Crippen LogP) is 1.96. The lowest BCUT2D eigenvalue weighted by molar-refractivity contribution is 0.971. The van der Waals surface area contributed by atoms with Gasteiger partial charge in [0.05, 0.1) is 11.3 Å². The van der Waals surface area contributed by atoms with E-state index in [2.05, 4.69) is 44.2 Å². The number of aromatic nitrogens is 6. The molecule has 21 heavy (non-hydrogen) atoms. The van der Waals surface area contributed by atoms with E-state index >= 15 is 0 Å². The van der Waals surface area contributed by atoms with Crippen molar-refractivity contribution in [2.45, 2.75) is 26.7 Å². The lowest BCUT2D eigenvalue weighted by Gasteiger charge is -2.02. The van der Waals surface area contributed by atoms with E-state index < -0.39 is 0 Å². The first kappa shape index (κ1) is 13.3. The Bertz CT molecular complexity index is 756. The number of aromatic amines is 2. The van der Waals surface area contributed by atoms with E-state index in [1.165, 1.54) is 0 Å². The highest BCUT2D eigenvalue weighted by molar-refractivity contribution is 5.71. The monoisotopic (exact) mass is 283 g/mol. The number of hydrogen-bond acceptors (Lipinski definition) is 5. The molecule has 7 heteroatoms. The number of nitrogens with one attached hydrogen (secondary N) is 2. The lowest BCUT2D eigenvalue weighted by Crippen LogP contribution is -1.99. The summed E-state index contributed by atoms with van der Waals surface area (Å²) in [6.45, 7) is 4.11. The van der Waals surface area contributed by atoms with Crippen molar-refractivity contribution in [1.29, 1.82) is 0 Å². The van der Waals surface area contributed by atoms with Crippen LogP contribution in [0.3, 0.4) is 0 Å². The van der Waals surface area contributed by atoms with E-state index in [0.717, 1.165) is 35.5 Å². The molecule has 0 aliphatic heterocycles. The minimum Gasteiger partial charge on any atom is -0.383 e. The maximum Gasteiger partial charge on any atom is 0.182 e. The molecule has 0 saturated heterocycles. The third kappa shape index (κ3) is 2.49. The Morgan fingerprint density at radius 1 is 1.00 bits per heavy atom. The number of anilines is 1. The van der Waals surface area contributed by atoms with Crippen LogP contribution in [0.15, 0.2) is 18.3 Å². The molecule has 108 valence electrons. The SMILES string of the molecule is CCc1cc(-c2ncc(-c3cc(CC)[nH]n3)c(N)n2)n[nH]1. The van der Waals surface area contributed by atoms with Crippen LogP contribution < -0.4 is 5.73 Å². The molecular formula is C14H17N7. The van der Waals surface area contributed by atoms with Crippen LogP contribution in [0.25, 0.3) is 22.8 Å². The number of rotatable bonds is 4. The number of nitrogens with zero attached hydrogens (tertiary/aromatic N) is 4. The third-order valence-corrected chi connectivity index (χ3v) is 3.35. The zero-order valence-corrected chi connectivity index (χ0v) is 12.0. The van der Waals surface area contributed by atoms with Gasteiger partial charge in [-0.2, -0.15) is 10.2 Å². The maximum atomic E-state index is 6.04. The minimum absolute atomic E-state index is 0.398. The van der Waals surface area contributed by atoms with Gasteiger partial charge >= 0.3 is 0 Å². The summed E-state index contributed by atoms with van der Waals surface area (Å²) in [5.74, 6) is 0.911. The lowest BCUT2D eigenvalue weighted by atomic mass is 10.2. The summed E-state index contributed by atoms with van der Waals surface area (Å²) in [7, 11) is 0. The molecule has 0 radical (unpaired) electrons. The molecule has 3 aromatic rings. The van der Waals surface area contributed by atoms with Crippen molar-refractivity contribution < 1.29 is 0 Å². The highest BCUT2D eigenvalue weighted by atomic mass is 15.1. The molecule has 0 fully saturated rings. The van der Waals surface area contributed by atoms with Crippen LogP contribution in [-0.4, -0.2) is 30.4 Å². The normalized spacial score (nSPS) is 11.0. The van der Waals surface area contributed by atoms with E-state index in [1.54, 1.807) is 6.20 Å². The van der Waals surface area contributed by atoms with Gasteiger partial charge in [-0.25, -0.2) is 9.97 Å². The summed E-state index contributed by atoms with van der Waals surface area (Å²) in [5, 5.41) is 14.3. The minimum atomic E-state index is 0.398. The summed E-state index contributed by atoms with van der Waals surface area (Å²) >= 11 is 0. The summed E-state index contributed by atoms with van der Waals surface area (Å²) in [5.41, 5.74) is 10.3. The summed E-state index contributed by atoms with van der Waals surface area (Å²) in [4.78, 5) is 8.67. The van der Waals surface area contributed by atoms with E-state index in [9.17, 15) is 0 Å². The molecule has 0 atom stereocenters. The molecule has 3 aromatic heterocycles. The second-order valence-corrected chi connectivity index (χ2v) is 4.76. The van der Waals surface area contributed by atoms with Crippen LogP contribution >= 0.6 is 0 Å². The van der Waals surface area contributed by atoms with Crippen molar-refractivity contribution in [2.24, 2.45) is 0 Å². The Hall–Kier alpha value is -2.70. The number of nitrogen functional groups attached to an aromatic ring is 1. The Morgan fingerprint density at radius 2 is 1.62 bits per heavy atom. The predicted molar refractivity (Wildman–Crippen MR) is 80.4 cm³/mol. The van der Waals surface area contributed by atoms with Crippen molar-refractivity contribution in [3.05, 3.63) is 29.7 Å². The summed E-state index contributed by atoms with van der Waals surface area (Å²) in [6.07, 6.45) is 3.46. The second-order valence-electron chi connectivity index (χ2n) is 4.76. The van der Waals surface area contributed by atoms with E-state index in [-0.39, 0.29) is 0 Å². The molecule has 0 aliphatic rings. The zero-order valence-electron chi connectivity index (χ0n) is 12.0. The molecule has 3 rings (SSSR count). The number of aryl methyl sites for hydroxylation is 2. The van der Waals surface area contributed by atoms with Gasteiger partial charge in [-0.15, -0.1) is 0 Å². The second kappa shape index (κ2) is 5.35. The summed E-state index contributed by atoms with van der Waals surface area (Å²) < 4.78 is 0. The fourth-order valence-corrected chi connectivity index (χ4v) is 2.05. The van der Waals surface area contributed by atoms with Gasteiger partial charge in [-0.1, -0.05) is 13.8 Å². The number of nitrogens with two attached hydrogens (primary N) is 1. The van der Waals surface area contributed by atoms with Crippen LogP contribution in [0.2, 0.25) is 0 Å². The zero-order chi connectivity index (χ0) is 14.8. The van der Waals surface area contributed by atoms with Crippen LogP contribution in [0.4, 0.5) is 5.82 Å². The van der Waals surface area contributed by atoms with Crippen LogP contribution in [0, 0.1) is 0 Å². The fourth-order valence-electron chi connectivity index (χ4n) is 2.05. The first-order valence-corrected chi connectivity index (χ1v) is 6.93. The van der Waals surface area contributed by atoms with E-state index in [4.69, 9.17) is 5.73 Å². The van der Waals surface area contributed by atoms with Gasteiger partial charge in [-0.3, -0.25) is 10.2 Å². The van der Waals surface area contributed by atoms with Crippen molar-refractivity contribution >= 4 is 5.82 Å². The van der Waals surface area contributed by atoms with Crippen LogP contribution in [0.1, 0.15) is 25.2 Å². The number of H-pyrrole nitrogens is 2. The molecular weight excluding hydrogens is 266 g/mol. The maximum absolute atomic E-state index is 6.04. The molecule has 0 unspecified atom stereocenters. The smallest absolute Gasteiger partial charge is 0.182 e.